The summed E-state index contributed by atoms with van der Waals surface area (Å²) in [6, 6.07) is 4.63. The van der Waals surface area contributed by atoms with Gasteiger partial charge in [-0.15, -0.1) is 0 Å². The van der Waals surface area contributed by atoms with Gasteiger partial charge in [0.15, 0.2) is 5.82 Å². The number of rotatable bonds is 2. The molecule has 6 heteroatoms. The molecule has 1 aromatic rings. The van der Waals surface area contributed by atoms with Crippen LogP contribution in [-0.4, -0.2) is 41.8 Å². The number of anilines is 1. The van der Waals surface area contributed by atoms with Crippen LogP contribution in [0.25, 0.3) is 0 Å². The van der Waals surface area contributed by atoms with Gasteiger partial charge in [-0.05, 0) is 6.07 Å². The zero-order chi connectivity index (χ0) is 13.3. The second-order valence-electron chi connectivity index (χ2n) is 4.27. The van der Waals surface area contributed by atoms with Crippen molar-refractivity contribution in [2.45, 2.75) is 6.54 Å². The molecule has 0 aromatic heterocycles. The van der Waals surface area contributed by atoms with Gasteiger partial charge in [0, 0.05) is 32.2 Å². The first-order valence-electron chi connectivity index (χ1n) is 5.58. The zero-order valence-electron chi connectivity index (χ0n) is 10.0. The first-order chi connectivity index (χ1) is 8.50. The van der Waals surface area contributed by atoms with Crippen LogP contribution < -0.4 is 5.73 Å². The van der Waals surface area contributed by atoms with Gasteiger partial charge in [-0.1, -0.05) is 12.1 Å². The number of piperazine rings is 1. The molecule has 0 atom stereocenters. The number of nitrogens with zero attached hydrogens (tertiary/aromatic N) is 2. The third-order valence-electron chi connectivity index (χ3n) is 2.99. The molecule has 0 radical (unpaired) electrons. The van der Waals surface area contributed by atoms with Crippen LogP contribution in [0, 0.1) is 5.82 Å². The van der Waals surface area contributed by atoms with E-state index in [0.717, 1.165) is 0 Å². The van der Waals surface area contributed by atoms with Crippen LogP contribution in [0.15, 0.2) is 18.2 Å². The van der Waals surface area contributed by atoms with Crippen LogP contribution in [0.4, 0.5) is 10.1 Å². The van der Waals surface area contributed by atoms with E-state index in [0.29, 0.717) is 18.7 Å². The Kier molecular flexibility index (Phi) is 3.18. The number of nitrogen functional groups attached to an aromatic ring is 1. The Hall–Kier alpha value is -2.11. The Morgan fingerprint density at radius 3 is 2.72 bits per heavy atom. The molecule has 1 saturated heterocycles. The van der Waals surface area contributed by atoms with Crippen molar-refractivity contribution in [1.29, 1.82) is 0 Å². The van der Waals surface area contributed by atoms with Gasteiger partial charge in [-0.2, -0.15) is 0 Å². The molecule has 1 heterocycles. The van der Waals surface area contributed by atoms with Gasteiger partial charge in [0.05, 0.1) is 5.69 Å². The van der Waals surface area contributed by atoms with E-state index in [9.17, 15) is 14.0 Å². The topological polar surface area (TPSA) is 66.6 Å². The summed E-state index contributed by atoms with van der Waals surface area (Å²) >= 11 is 0. The van der Waals surface area contributed by atoms with Gasteiger partial charge >= 0.3 is 11.8 Å². The van der Waals surface area contributed by atoms with Crippen LogP contribution in [0.5, 0.6) is 0 Å². The first kappa shape index (κ1) is 12.3. The van der Waals surface area contributed by atoms with Gasteiger partial charge in [0.1, 0.15) is 0 Å². The van der Waals surface area contributed by atoms with Crippen molar-refractivity contribution in [1.82, 2.24) is 9.80 Å². The summed E-state index contributed by atoms with van der Waals surface area (Å²) in [6.07, 6.45) is 0. The standard InChI is InChI=1S/C12H14FN3O2/c1-15-5-6-16(12(18)11(15)17)7-8-3-2-4-9(14)10(8)13/h2-4H,5-7,14H2,1H3. The molecule has 5 nitrogen and oxygen atoms in total. The van der Waals surface area contributed by atoms with Crippen LogP contribution in [0.2, 0.25) is 0 Å². The maximum Gasteiger partial charge on any atom is 0.312 e. The SMILES string of the molecule is CN1CCN(Cc2cccc(N)c2F)C(=O)C1=O. The minimum atomic E-state index is -0.606. The second-order valence-corrected chi connectivity index (χ2v) is 4.27. The summed E-state index contributed by atoms with van der Waals surface area (Å²) in [5.74, 6) is -1.70. The minimum absolute atomic E-state index is 0.0420. The zero-order valence-corrected chi connectivity index (χ0v) is 10.0. The molecule has 2 rings (SSSR count). The summed E-state index contributed by atoms with van der Waals surface area (Å²) in [7, 11) is 1.57. The van der Waals surface area contributed by atoms with Gasteiger partial charge in [0.2, 0.25) is 0 Å². The molecule has 0 bridgehead atoms. The molecule has 1 aromatic carbocycles. The minimum Gasteiger partial charge on any atom is -0.396 e. The lowest BCUT2D eigenvalue weighted by molar-refractivity contribution is -0.155. The summed E-state index contributed by atoms with van der Waals surface area (Å²) in [6.45, 7) is 0.916. The highest BCUT2D eigenvalue weighted by molar-refractivity contribution is 6.35. The lowest BCUT2D eigenvalue weighted by Crippen LogP contribution is -2.52. The van der Waals surface area contributed by atoms with Crippen molar-refractivity contribution < 1.29 is 14.0 Å². The Bertz CT molecular complexity index is 504. The van der Waals surface area contributed by atoms with Crippen LogP contribution in [0.1, 0.15) is 5.56 Å². The molecule has 2 amide bonds. The number of hydrogen-bond donors (Lipinski definition) is 1. The molecule has 96 valence electrons. The van der Waals surface area contributed by atoms with Gasteiger partial charge in [-0.25, -0.2) is 4.39 Å². The maximum atomic E-state index is 13.7. The molecule has 2 N–H and O–H groups in total. The second kappa shape index (κ2) is 4.64. The van der Waals surface area contributed by atoms with E-state index >= 15 is 0 Å². The highest BCUT2D eigenvalue weighted by Gasteiger charge is 2.30. The predicted molar refractivity (Wildman–Crippen MR) is 63.9 cm³/mol. The summed E-state index contributed by atoms with van der Waals surface area (Å²) < 4.78 is 13.7. The Morgan fingerprint density at radius 1 is 1.28 bits per heavy atom. The van der Waals surface area contributed by atoms with Gasteiger partial charge in [-0.3, -0.25) is 9.59 Å². The fourth-order valence-corrected chi connectivity index (χ4v) is 1.85. The van der Waals surface area contributed by atoms with E-state index in [1.54, 1.807) is 19.2 Å². The summed E-state index contributed by atoms with van der Waals surface area (Å²) in [5.41, 5.74) is 5.82. The largest absolute Gasteiger partial charge is 0.396 e. The highest BCUT2D eigenvalue weighted by atomic mass is 19.1. The Balaban J connectivity index is 2.17. The molecule has 1 aliphatic rings. The molecular formula is C12H14FN3O2. The van der Waals surface area contributed by atoms with Crippen molar-refractivity contribution in [3.63, 3.8) is 0 Å². The number of benzene rings is 1. The number of likely N-dealkylation sites (N-methyl/N-ethyl adjacent to an activating group) is 1. The smallest absolute Gasteiger partial charge is 0.312 e. The number of hydrogen-bond acceptors (Lipinski definition) is 3. The number of amides is 2. The summed E-state index contributed by atoms with van der Waals surface area (Å²) in [5, 5.41) is 0. The van der Waals surface area contributed by atoms with Gasteiger partial charge < -0.3 is 15.5 Å². The predicted octanol–water partition coefficient (Wildman–Crippen LogP) is 0.208. The normalized spacial score (nSPS) is 16.3. The molecule has 0 unspecified atom stereocenters. The van der Waals surface area contributed by atoms with E-state index in [1.165, 1.54) is 15.9 Å². The Morgan fingerprint density at radius 2 is 2.00 bits per heavy atom. The van der Waals surface area contributed by atoms with Crippen LogP contribution >= 0.6 is 0 Å². The molecule has 18 heavy (non-hydrogen) atoms. The van der Waals surface area contributed by atoms with Gasteiger partial charge in [0.25, 0.3) is 0 Å². The fraction of sp³-hybridized carbons (Fsp3) is 0.333. The van der Waals surface area contributed by atoms with E-state index < -0.39 is 17.6 Å². The van der Waals surface area contributed by atoms with Crippen molar-refractivity contribution in [3.05, 3.63) is 29.6 Å². The lowest BCUT2D eigenvalue weighted by atomic mass is 10.1. The van der Waals surface area contributed by atoms with E-state index in [4.69, 9.17) is 5.73 Å². The molecule has 1 aliphatic heterocycles. The lowest BCUT2D eigenvalue weighted by Gasteiger charge is -2.31. The van der Waals surface area contributed by atoms with Crippen molar-refractivity contribution in [3.8, 4) is 0 Å². The quantitative estimate of drug-likeness (QED) is 0.603. The third kappa shape index (κ3) is 2.13. The number of carbonyl (C=O) groups excluding carboxylic acids is 2. The third-order valence-corrected chi connectivity index (χ3v) is 2.99. The number of carbonyl (C=O) groups is 2. The maximum absolute atomic E-state index is 13.7. The van der Waals surface area contributed by atoms with E-state index in [1.807, 2.05) is 0 Å². The van der Waals surface area contributed by atoms with Crippen LogP contribution in [0.3, 0.4) is 0 Å². The Labute approximate surface area is 104 Å². The van der Waals surface area contributed by atoms with E-state index in [2.05, 4.69) is 0 Å². The average molecular weight is 251 g/mol. The average Bonchev–Trinajstić information content (AvgIpc) is 2.35. The number of halogens is 1. The molecule has 0 spiro atoms. The van der Waals surface area contributed by atoms with Crippen molar-refractivity contribution in [2.75, 3.05) is 25.9 Å². The first-order valence-corrected chi connectivity index (χ1v) is 5.58. The molecule has 1 fully saturated rings. The highest BCUT2D eigenvalue weighted by Crippen LogP contribution is 2.17. The van der Waals surface area contributed by atoms with Crippen LogP contribution in [-0.2, 0) is 16.1 Å². The summed E-state index contributed by atoms with van der Waals surface area (Å²) in [4.78, 5) is 25.9. The molecular weight excluding hydrogens is 237 g/mol. The fourth-order valence-electron chi connectivity index (χ4n) is 1.85. The van der Waals surface area contributed by atoms with Crippen molar-refractivity contribution in [2.24, 2.45) is 0 Å². The molecule has 0 aliphatic carbocycles. The van der Waals surface area contributed by atoms with E-state index in [-0.39, 0.29) is 12.2 Å². The monoisotopic (exact) mass is 251 g/mol. The number of nitrogens with two attached hydrogens (primary N) is 1. The molecule has 0 saturated carbocycles. The van der Waals surface area contributed by atoms with Crippen molar-refractivity contribution >= 4 is 17.5 Å².